The number of nitrogens with zero attached hydrogens (tertiary/aromatic N) is 2. The topological polar surface area (TPSA) is 89.5 Å². The molecule has 2 aliphatic heterocycles. The number of amides is 1. The van der Waals surface area contributed by atoms with Crippen molar-refractivity contribution in [3.63, 3.8) is 0 Å². The Morgan fingerprint density at radius 1 is 1.30 bits per heavy atom. The summed E-state index contributed by atoms with van der Waals surface area (Å²) < 4.78 is 42.5. The molecule has 0 radical (unpaired) electrons. The molecule has 3 rings (SSSR count). The third-order valence-corrected chi connectivity index (χ3v) is 7.00. The van der Waals surface area contributed by atoms with Gasteiger partial charge in [0.2, 0.25) is 0 Å². The second-order valence-electron chi connectivity index (χ2n) is 6.48. The first kappa shape index (κ1) is 23.0. The number of rotatable bonds is 8. The third-order valence-electron chi connectivity index (χ3n) is 4.24. The van der Waals surface area contributed by atoms with Crippen LogP contribution >= 0.6 is 19.4 Å². The quantitative estimate of drug-likeness (QED) is 0.463. The molecule has 1 amide bonds. The molecule has 0 bridgehead atoms. The molecule has 0 atom stereocenters. The molecule has 164 valence electrons. The van der Waals surface area contributed by atoms with E-state index >= 15 is 0 Å². The number of aliphatic imine (C=N–C) groups is 1. The first-order valence-electron chi connectivity index (χ1n) is 9.78. The standard InChI is InChI=1S/C19H25FN3O5PS/c1-3-27-29(25,28-4-2)13-26-16-12-15(20)8-7-14(16)11-17-18(24)22-19(30-17)23-10-6-5-9-21-23/h7-8,11-12,21H,3-6,9-10,13H2,1-2H3/b17-11-. The molecule has 1 saturated heterocycles. The van der Waals surface area contributed by atoms with Crippen LogP contribution in [0.15, 0.2) is 28.1 Å². The monoisotopic (exact) mass is 457 g/mol. The minimum atomic E-state index is -3.47. The SMILES string of the molecule is CCOP(=O)(COc1cc(F)ccc1/C=C1\SC(N2CCCCN2)=NC1=O)OCC. The van der Waals surface area contributed by atoms with E-state index in [-0.39, 0.29) is 31.2 Å². The normalized spacial score (nSPS) is 18.8. The lowest BCUT2D eigenvalue weighted by Crippen LogP contribution is -2.45. The van der Waals surface area contributed by atoms with Crippen LogP contribution in [0.25, 0.3) is 6.08 Å². The van der Waals surface area contributed by atoms with Crippen LogP contribution in [0.5, 0.6) is 5.75 Å². The number of thioether (sulfide) groups is 1. The van der Waals surface area contributed by atoms with E-state index in [4.69, 9.17) is 13.8 Å². The maximum absolute atomic E-state index is 13.8. The largest absolute Gasteiger partial charge is 0.480 e. The van der Waals surface area contributed by atoms with E-state index in [1.165, 1.54) is 30.0 Å². The van der Waals surface area contributed by atoms with Crippen molar-refractivity contribution in [3.05, 3.63) is 34.5 Å². The average molecular weight is 457 g/mol. The highest BCUT2D eigenvalue weighted by Crippen LogP contribution is 2.48. The van der Waals surface area contributed by atoms with Crippen LogP contribution < -0.4 is 10.2 Å². The summed E-state index contributed by atoms with van der Waals surface area (Å²) in [5, 5.41) is 2.46. The van der Waals surface area contributed by atoms with Crippen molar-refractivity contribution < 1.29 is 27.5 Å². The summed E-state index contributed by atoms with van der Waals surface area (Å²) >= 11 is 1.24. The van der Waals surface area contributed by atoms with Gasteiger partial charge in [0.25, 0.3) is 5.91 Å². The maximum Gasteiger partial charge on any atom is 0.367 e. The van der Waals surface area contributed by atoms with Gasteiger partial charge in [-0.2, -0.15) is 4.99 Å². The minimum Gasteiger partial charge on any atom is -0.480 e. The van der Waals surface area contributed by atoms with Gasteiger partial charge in [0.1, 0.15) is 11.6 Å². The molecule has 0 aromatic heterocycles. The molecule has 0 aliphatic carbocycles. The van der Waals surface area contributed by atoms with Crippen LogP contribution in [-0.2, 0) is 18.4 Å². The second kappa shape index (κ2) is 10.5. The van der Waals surface area contributed by atoms with Crippen molar-refractivity contribution in [2.24, 2.45) is 4.99 Å². The number of hydrogen-bond donors (Lipinski definition) is 1. The highest BCUT2D eigenvalue weighted by Gasteiger charge is 2.28. The molecular formula is C19H25FN3O5PS. The Kier molecular flexibility index (Phi) is 8.07. The van der Waals surface area contributed by atoms with Crippen molar-refractivity contribution in [1.82, 2.24) is 10.4 Å². The molecule has 1 aromatic carbocycles. The minimum absolute atomic E-state index is 0.139. The van der Waals surface area contributed by atoms with E-state index in [9.17, 15) is 13.8 Å². The van der Waals surface area contributed by atoms with E-state index in [0.29, 0.717) is 15.6 Å². The Hall–Kier alpha value is -1.71. The Bertz CT molecular complexity index is 879. The van der Waals surface area contributed by atoms with Gasteiger partial charge >= 0.3 is 7.60 Å². The van der Waals surface area contributed by atoms with E-state index in [1.807, 2.05) is 5.01 Å². The zero-order valence-electron chi connectivity index (χ0n) is 16.9. The number of amidine groups is 1. The number of benzene rings is 1. The highest BCUT2D eigenvalue weighted by molar-refractivity contribution is 8.18. The van der Waals surface area contributed by atoms with Crippen LogP contribution in [0, 0.1) is 5.82 Å². The molecule has 1 N–H and O–H groups in total. The van der Waals surface area contributed by atoms with Crippen molar-refractivity contribution >= 4 is 36.5 Å². The number of carbonyl (C=O) groups is 1. The molecule has 1 fully saturated rings. The Labute approximate surface area is 179 Å². The predicted molar refractivity (Wildman–Crippen MR) is 115 cm³/mol. The van der Waals surface area contributed by atoms with E-state index < -0.39 is 13.4 Å². The summed E-state index contributed by atoms with van der Waals surface area (Å²) in [7, 11) is -3.47. The highest BCUT2D eigenvalue weighted by atomic mass is 32.2. The fraction of sp³-hybridized carbons (Fsp3) is 0.474. The molecule has 2 aliphatic rings. The van der Waals surface area contributed by atoms with Gasteiger partial charge in [0.15, 0.2) is 11.5 Å². The van der Waals surface area contributed by atoms with Crippen molar-refractivity contribution in [1.29, 1.82) is 0 Å². The van der Waals surface area contributed by atoms with Gasteiger partial charge in [-0.05, 0) is 56.7 Å². The zero-order chi connectivity index (χ0) is 21.6. The van der Waals surface area contributed by atoms with Crippen LogP contribution in [0.1, 0.15) is 32.3 Å². The smallest absolute Gasteiger partial charge is 0.367 e. The summed E-state index contributed by atoms with van der Waals surface area (Å²) in [5.41, 5.74) is 3.68. The number of hydrogen-bond acceptors (Lipinski definition) is 8. The summed E-state index contributed by atoms with van der Waals surface area (Å²) in [6.07, 6.45) is 3.33. The first-order valence-corrected chi connectivity index (χ1v) is 12.3. The van der Waals surface area contributed by atoms with Gasteiger partial charge in [-0.3, -0.25) is 14.4 Å². The number of nitrogens with one attached hydrogen (secondary N) is 1. The molecule has 30 heavy (non-hydrogen) atoms. The summed E-state index contributed by atoms with van der Waals surface area (Å²) in [4.78, 5) is 16.9. The van der Waals surface area contributed by atoms with Crippen molar-refractivity contribution in [2.45, 2.75) is 26.7 Å². The first-order chi connectivity index (χ1) is 14.4. The Morgan fingerprint density at radius 3 is 2.73 bits per heavy atom. The Morgan fingerprint density at radius 2 is 2.07 bits per heavy atom. The number of halogens is 1. The van der Waals surface area contributed by atoms with E-state index in [0.717, 1.165) is 25.9 Å². The van der Waals surface area contributed by atoms with Crippen molar-refractivity contribution in [2.75, 3.05) is 32.7 Å². The molecule has 2 heterocycles. The molecule has 8 nitrogen and oxygen atoms in total. The predicted octanol–water partition coefficient (Wildman–Crippen LogP) is 4.00. The van der Waals surface area contributed by atoms with Gasteiger partial charge in [-0.1, -0.05) is 0 Å². The van der Waals surface area contributed by atoms with Gasteiger partial charge in [0.05, 0.1) is 18.1 Å². The number of ether oxygens (including phenoxy) is 1. The van der Waals surface area contributed by atoms with Crippen LogP contribution in [-0.4, -0.2) is 48.7 Å². The Balaban J connectivity index is 1.77. The summed E-state index contributed by atoms with van der Waals surface area (Å²) in [6.45, 7) is 5.39. The lowest BCUT2D eigenvalue weighted by atomic mass is 10.2. The lowest BCUT2D eigenvalue weighted by Gasteiger charge is -2.28. The van der Waals surface area contributed by atoms with Crippen LogP contribution in [0.4, 0.5) is 4.39 Å². The lowest BCUT2D eigenvalue weighted by molar-refractivity contribution is -0.113. The number of hydrazine groups is 1. The van der Waals surface area contributed by atoms with Crippen molar-refractivity contribution in [3.8, 4) is 5.75 Å². The molecule has 0 spiro atoms. The van der Waals surface area contributed by atoms with Crippen LogP contribution in [0.3, 0.4) is 0 Å². The molecule has 0 saturated carbocycles. The number of carbonyl (C=O) groups excluding carboxylic acids is 1. The fourth-order valence-electron chi connectivity index (χ4n) is 2.91. The van der Waals surface area contributed by atoms with E-state index in [2.05, 4.69) is 10.4 Å². The average Bonchev–Trinajstić information content (AvgIpc) is 3.10. The third kappa shape index (κ3) is 5.92. The maximum atomic E-state index is 13.8. The van der Waals surface area contributed by atoms with Gasteiger partial charge in [-0.15, -0.1) is 0 Å². The van der Waals surface area contributed by atoms with Gasteiger partial charge < -0.3 is 13.8 Å². The second-order valence-corrected chi connectivity index (χ2v) is 9.48. The molecule has 0 unspecified atom stereocenters. The van der Waals surface area contributed by atoms with Gasteiger partial charge in [0, 0.05) is 24.7 Å². The van der Waals surface area contributed by atoms with Gasteiger partial charge in [-0.25, -0.2) is 9.82 Å². The molecule has 1 aromatic rings. The fourth-order valence-corrected chi connectivity index (χ4v) is 5.13. The molecular weight excluding hydrogens is 432 g/mol. The summed E-state index contributed by atoms with van der Waals surface area (Å²) in [5.74, 6) is -0.748. The van der Waals surface area contributed by atoms with Crippen LogP contribution in [0.2, 0.25) is 0 Å². The zero-order valence-corrected chi connectivity index (χ0v) is 18.6. The van der Waals surface area contributed by atoms with E-state index in [1.54, 1.807) is 19.9 Å². The summed E-state index contributed by atoms with van der Waals surface area (Å²) in [6, 6.07) is 3.93. The molecule has 11 heteroatoms.